The van der Waals surface area contributed by atoms with Gasteiger partial charge in [-0.3, -0.25) is 0 Å². The molecule has 0 bridgehead atoms. The number of carbonyl (C=O) groups excluding carboxylic acids is 1. The third kappa shape index (κ3) is 4.87. The number of likely N-dealkylation sites (tertiary alicyclic amines) is 1. The number of nitrogens with one attached hydrogen (secondary N) is 1. The molecule has 1 heterocycles. The molecular weight excluding hydrogens is 380 g/mol. The van der Waals surface area contributed by atoms with Crippen LogP contribution in [0.1, 0.15) is 45.6 Å². The summed E-state index contributed by atoms with van der Waals surface area (Å²) in [6.45, 7) is 6.48. The molecule has 156 valence electrons. The SMILES string of the molecule is CC(C)(C)OC(=O)N1CCC1CNC1(c2ccc(F)c(OC(F)(F)F)c2)CC1. The molecule has 1 atom stereocenters. The lowest BCUT2D eigenvalue weighted by Gasteiger charge is -2.42. The van der Waals surface area contributed by atoms with Crippen molar-refractivity contribution in [2.75, 3.05) is 13.1 Å². The fourth-order valence-electron chi connectivity index (χ4n) is 3.22. The van der Waals surface area contributed by atoms with Gasteiger partial charge in [0.2, 0.25) is 0 Å². The number of halogens is 4. The quantitative estimate of drug-likeness (QED) is 0.743. The fourth-order valence-corrected chi connectivity index (χ4v) is 3.22. The van der Waals surface area contributed by atoms with Crippen LogP contribution in [0.4, 0.5) is 22.4 Å². The molecule has 9 heteroatoms. The summed E-state index contributed by atoms with van der Waals surface area (Å²) in [5.41, 5.74) is -0.561. The highest BCUT2D eigenvalue weighted by Gasteiger charge is 2.46. The number of alkyl halides is 3. The first-order valence-electron chi connectivity index (χ1n) is 9.19. The topological polar surface area (TPSA) is 50.8 Å². The van der Waals surface area contributed by atoms with Crippen molar-refractivity contribution in [1.82, 2.24) is 10.2 Å². The second kappa shape index (κ2) is 7.09. The van der Waals surface area contributed by atoms with E-state index in [0.29, 0.717) is 31.5 Å². The summed E-state index contributed by atoms with van der Waals surface area (Å²) in [6, 6.07) is 3.49. The zero-order valence-electron chi connectivity index (χ0n) is 16.0. The van der Waals surface area contributed by atoms with Crippen LogP contribution in [0.2, 0.25) is 0 Å². The van der Waals surface area contributed by atoms with Gasteiger partial charge in [0.05, 0.1) is 0 Å². The van der Waals surface area contributed by atoms with Crippen LogP contribution >= 0.6 is 0 Å². The summed E-state index contributed by atoms with van der Waals surface area (Å²) < 4.78 is 60.2. The Hall–Kier alpha value is -2.03. The molecule has 1 aromatic carbocycles. The third-order valence-corrected chi connectivity index (χ3v) is 4.91. The number of benzene rings is 1. The Balaban J connectivity index is 1.62. The zero-order chi connectivity index (χ0) is 20.7. The Morgan fingerprint density at radius 1 is 1.29 bits per heavy atom. The number of hydrogen-bond donors (Lipinski definition) is 1. The van der Waals surface area contributed by atoms with Crippen LogP contribution in [0.5, 0.6) is 5.75 Å². The maximum atomic E-state index is 13.7. The molecule has 0 radical (unpaired) electrons. The Bertz CT molecular complexity index is 742. The molecule has 0 spiro atoms. The van der Waals surface area contributed by atoms with E-state index in [-0.39, 0.29) is 12.1 Å². The smallest absolute Gasteiger partial charge is 0.444 e. The van der Waals surface area contributed by atoms with E-state index in [1.54, 1.807) is 25.7 Å². The van der Waals surface area contributed by atoms with Crippen molar-refractivity contribution in [2.45, 2.75) is 63.6 Å². The van der Waals surface area contributed by atoms with Gasteiger partial charge in [0.25, 0.3) is 0 Å². The summed E-state index contributed by atoms with van der Waals surface area (Å²) in [5.74, 6) is -1.90. The predicted molar refractivity (Wildman–Crippen MR) is 93.3 cm³/mol. The molecule has 1 amide bonds. The average Bonchev–Trinajstić information content (AvgIpc) is 3.26. The molecule has 2 fully saturated rings. The molecule has 1 unspecified atom stereocenters. The highest BCUT2D eigenvalue weighted by molar-refractivity contribution is 5.69. The number of carbonyl (C=O) groups is 1. The van der Waals surface area contributed by atoms with E-state index < -0.39 is 29.1 Å². The first-order chi connectivity index (χ1) is 12.9. The molecule has 1 saturated heterocycles. The van der Waals surface area contributed by atoms with Crippen molar-refractivity contribution in [2.24, 2.45) is 0 Å². The first kappa shape index (κ1) is 20.7. The lowest BCUT2D eigenvalue weighted by Crippen LogP contribution is -2.57. The molecule has 2 aliphatic rings. The number of rotatable bonds is 5. The van der Waals surface area contributed by atoms with Gasteiger partial charge in [0.15, 0.2) is 11.6 Å². The Morgan fingerprint density at radius 2 is 1.96 bits per heavy atom. The fraction of sp³-hybridized carbons (Fsp3) is 0.632. The van der Waals surface area contributed by atoms with Crippen LogP contribution in [-0.2, 0) is 10.3 Å². The number of ether oxygens (including phenoxy) is 2. The van der Waals surface area contributed by atoms with Gasteiger partial charge in [0.1, 0.15) is 5.60 Å². The monoisotopic (exact) mass is 404 g/mol. The van der Waals surface area contributed by atoms with Crippen LogP contribution in [0.3, 0.4) is 0 Å². The number of amides is 1. The zero-order valence-corrected chi connectivity index (χ0v) is 16.0. The highest BCUT2D eigenvalue weighted by Crippen LogP contribution is 2.47. The number of hydrogen-bond acceptors (Lipinski definition) is 4. The minimum atomic E-state index is -4.95. The average molecular weight is 404 g/mol. The summed E-state index contributed by atoms with van der Waals surface area (Å²) >= 11 is 0. The van der Waals surface area contributed by atoms with Gasteiger partial charge in [-0.15, -0.1) is 13.2 Å². The van der Waals surface area contributed by atoms with E-state index in [4.69, 9.17) is 4.74 Å². The summed E-state index contributed by atoms with van der Waals surface area (Å²) in [4.78, 5) is 13.8. The lowest BCUT2D eigenvalue weighted by atomic mass is 10.0. The molecule has 1 aliphatic carbocycles. The minimum absolute atomic E-state index is 0.0429. The van der Waals surface area contributed by atoms with Crippen LogP contribution in [0.25, 0.3) is 0 Å². The van der Waals surface area contributed by atoms with Gasteiger partial charge in [-0.2, -0.15) is 0 Å². The lowest BCUT2D eigenvalue weighted by molar-refractivity contribution is -0.275. The van der Waals surface area contributed by atoms with Gasteiger partial charge in [-0.1, -0.05) is 6.07 Å². The van der Waals surface area contributed by atoms with Crippen molar-refractivity contribution < 1.29 is 31.8 Å². The standard InChI is InChI=1S/C19H24F4N2O3/c1-17(2,3)28-16(26)25-9-6-13(25)11-24-18(7-8-18)12-4-5-14(20)15(10-12)27-19(21,22)23/h4-5,10,13,24H,6-9,11H2,1-3H3. The predicted octanol–water partition coefficient (Wildman–Crippen LogP) is 4.31. The van der Waals surface area contributed by atoms with E-state index in [1.807, 2.05) is 0 Å². The summed E-state index contributed by atoms with van der Waals surface area (Å²) in [5, 5.41) is 3.34. The molecule has 1 N–H and O–H groups in total. The van der Waals surface area contributed by atoms with Crippen molar-refractivity contribution in [3.63, 3.8) is 0 Å². The van der Waals surface area contributed by atoms with Gasteiger partial charge in [0, 0.05) is 24.7 Å². The molecular formula is C19H24F4N2O3. The van der Waals surface area contributed by atoms with Gasteiger partial charge in [-0.05, 0) is 57.7 Å². The molecule has 1 aromatic rings. The van der Waals surface area contributed by atoms with Crippen molar-refractivity contribution in [1.29, 1.82) is 0 Å². The molecule has 1 saturated carbocycles. The van der Waals surface area contributed by atoms with E-state index in [2.05, 4.69) is 10.1 Å². The van der Waals surface area contributed by atoms with Crippen molar-refractivity contribution in [3.05, 3.63) is 29.6 Å². The maximum absolute atomic E-state index is 13.7. The van der Waals surface area contributed by atoms with E-state index >= 15 is 0 Å². The van der Waals surface area contributed by atoms with Crippen LogP contribution in [0.15, 0.2) is 18.2 Å². The second-order valence-electron chi connectivity index (χ2n) is 8.27. The normalized spacial score (nSPS) is 21.1. The summed E-state index contributed by atoms with van der Waals surface area (Å²) in [6.07, 6.45) is -3.09. The molecule has 5 nitrogen and oxygen atoms in total. The van der Waals surface area contributed by atoms with E-state index in [1.165, 1.54) is 6.07 Å². The summed E-state index contributed by atoms with van der Waals surface area (Å²) in [7, 11) is 0. The van der Waals surface area contributed by atoms with Crippen LogP contribution in [0, 0.1) is 5.82 Å². The van der Waals surface area contributed by atoms with Gasteiger partial charge in [-0.25, -0.2) is 9.18 Å². The number of nitrogens with zero attached hydrogens (tertiary/aromatic N) is 1. The molecule has 0 aromatic heterocycles. The van der Waals surface area contributed by atoms with Gasteiger partial charge >= 0.3 is 12.5 Å². The van der Waals surface area contributed by atoms with Crippen molar-refractivity contribution >= 4 is 6.09 Å². The first-order valence-corrected chi connectivity index (χ1v) is 9.19. The van der Waals surface area contributed by atoms with Crippen LogP contribution in [-0.4, -0.2) is 42.1 Å². The maximum Gasteiger partial charge on any atom is 0.573 e. The largest absolute Gasteiger partial charge is 0.573 e. The molecule has 28 heavy (non-hydrogen) atoms. The highest BCUT2D eigenvalue weighted by atomic mass is 19.4. The Kier molecular flexibility index (Phi) is 5.24. The second-order valence-corrected chi connectivity index (χ2v) is 8.27. The van der Waals surface area contributed by atoms with E-state index in [0.717, 1.165) is 18.6 Å². The Morgan fingerprint density at radius 3 is 2.46 bits per heavy atom. The van der Waals surface area contributed by atoms with E-state index in [9.17, 15) is 22.4 Å². The van der Waals surface area contributed by atoms with Gasteiger partial charge < -0.3 is 19.7 Å². The molecule has 1 aliphatic heterocycles. The van der Waals surface area contributed by atoms with Crippen molar-refractivity contribution in [3.8, 4) is 5.75 Å². The minimum Gasteiger partial charge on any atom is -0.444 e. The third-order valence-electron chi connectivity index (χ3n) is 4.91. The molecule has 3 rings (SSSR count). The van der Waals surface area contributed by atoms with Crippen LogP contribution < -0.4 is 10.1 Å². The Labute approximate surface area is 161 Å².